The number of fused-ring (bicyclic) bond motifs is 2. The normalized spacial score (nSPS) is 11.2. The van der Waals surface area contributed by atoms with Crippen molar-refractivity contribution in [2.45, 2.75) is 0 Å². The Balaban J connectivity index is 1.09. The lowest BCUT2D eigenvalue weighted by Gasteiger charge is -2.27. The van der Waals surface area contributed by atoms with Crippen molar-refractivity contribution >= 4 is 38.6 Å². The van der Waals surface area contributed by atoms with Gasteiger partial charge in [-0.15, -0.1) is 0 Å². The lowest BCUT2D eigenvalue weighted by atomic mass is 9.84. The third-order valence-electron chi connectivity index (χ3n) is 12.3. The zero-order valence-electron chi connectivity index (χ0n) is 34.8. The number of nitrogens with zero attached hydrogens (tertiary/aromatic N) is 1. The molecule has 0 aromatic heterocycles. The van der Waals surface area contributed by atoms with Crippen molar-refractivity contribution < 1.29 is 0 Å². The second kappa shape index (κ2) is 16.7. The maximum absolute atomic E-state index is 2.40. The van der Waals surface area contributed by atoms with E-state index in [-0.39, 0.29) is 0 Å². The molecule has 0 saturated heterocycles. The molecule has 0 aliphatic rings. The van der Waals surface area contributed by atoms with Gasteiger partial charge < -0.3 is 4.90 Å². The van der Waals surface area contributed by atoms with Gasteiger partial charge in [0, 0.05) is 17.1 Å². The number of rotatable bonds is 9. The highest BCUT2D eigenvalue weighted by Gasteiger charge is 2.20. The third-order valence-corrected chi connectivity index (χ3v) is 12.3. The van der Waals surface area contributed by atoms with Crippen LogP contribution in [0.25, 0.3) is 88.3 Å². The number of benzene rings is 11. The van der Waals surface area contributed by atoms with E-state index in [0.29, 0.717) is 0 Å². The standard InChI is InChI=1S/C62H43N/c1-3-18-45(19-4-1)58-30-11-12-31-61(58)62-59(47-20-5-2-6-21-47)33-16-34-60(62)52-26-14-28-55(43-52)63(53-39-37-48(38-40-53)57-32-15-24-46-22-9-10-29-56(46)57)54-27-13-25-50(42-54)51-36-35-44-17-7-8-23-49(44)41-51/h1-43H. The molecule has 0 radical (unpaired) electrons. The first kappa shape index (κ1) is 37.7. The Morgan fingerprint density at radius 1 is 0.206 bits per heavy atom. The minimum absolute atomic E-state index is 1.08. The molecular weight excluding hydrogens is 759 g/mol. The van der Waals surface area contributed by atoms with Crippen molar-refractivity contribution in [1.82, 2.24) is 0 Å². The van der Waals surface area contributed by atoms with Crippen molar-refractivity contribution in [2.24, 2.45) is 0 Å². The molecular formula is C62H43N. The molecule has 0 spiro atoms. The highest BCUT2D eigenvalue weighted by atomic mass is 15.1. The largest absolute Gasteiger partial charge is 0.310 e. The van der Waals surface area contributed by atoms with Crippen LogP contribution in [-0.4, -0.2) is 0 Å². The Hall–Kier alpha value is -8.26. The molecule has 63 heavy (non-hydrogen) atoms. The van der Waals surface area contributed by atoms with Crippen molar-refractivity contribution in [3.8, 4) is 66.8 Å². The summed E-state index contributed by atoms with van der Waals surface area (Å²) in [6, 6.07) is 94.8. The van der Waals surface area contributed by atoms with Gasteiger partial charge in [-0.05, 0) is 131 Å². The third kappa shape index (κ3) is 7.37. The maximum atomic E-state index is 2.40. The summed E-state index contributed by atoms with van der Waals surface area (Å²) in [5, 5.41) is 4.97. The summed E-state index contributed by atoms with van der Waals surface area (Å²) in [4.78, 5) is 2.40. The molecule has 11 aromatic carbocycles. The van der Waals surface area contributed by atoms with E-state index in [0.717, 1.165) is 22.6 Å². The summed E-state index contributed by atoms with van der Waals surface area (Å²) >= 11 is 0. The van der Waals surface area contributed by atoms with Crippen LogP contribution in [0.15, 0.2) is 261 Å². The average Bonchev–Trinajstić information content (AvgIpc) is 3.37. The highest BCUT2D eigenvalue weighted by molar-refractivity contribution is 6.01. The Morgan fingerprint density at radius 3 is 1.40 bits per heavy atom. The van der Waals surface area contributed by atoms with Crippen LogP contribution in [0.2, 0.25) is 0 Å². The van der Waals surface area contributed by atoms with E-state index in [9.17, 15) is 0 Å². The quantitative estimate of drug-likeness (QED) is 0.141. The van der Waals surface area contributed by atoms with Crippen molar-refractivity contribution in [1.29, 1.82) is 0 Å². The summed E-state index contributed by atoms with van der Waals surface area (Å²) in [6.45, 7) is 0. The fourth-order valence-electron chi connectivity index (χ4n) is 9.23. The van der Waals surface area contributed by atoms with E-state index in [1.54, 1.807) is 0 Å². The van der Waals surface area contributed by atoms with Gasteiger partial charge in [0.15, 0.2) is 0 Å². The first-order chi connectivity index (χ1) is 31.2. The first-order valence-corrected chi connectivity index (χ1v) is 21.7. The van der Waals surface area contributed by atoms with Gasteiger partial charge in [-0.2, -0.15) is 0 Å². The van der Waals surface area contributed by atoms with Gasteiger partial charge in [-0.1, -0.05) is 218 Å². The molecule has 0 atom stereocenters. The molecule has 0 aliphatic heterocycles. The molecule has 1 nitrogen and oxygen atoms in total. The predicted octanol–water partition coefficient (Wildman–Crippen LogP) is 17.5. The summed E-state index contributed by atoms with van der Waals surface area (Å²) in [5.74, 6) is 0. The fourth-order valence-corrected chi connectivity index (χ4v) is 9.23. The molecule has 0 N–H and O–H groups in total. The molecule has 0 bridgehead atoms. The van der Waals surface area contributed by atoms with Crippen molar-refractivity contribution in [3.63, 3.8) is 0 Å². The Morgan fingerprint density at radius 2 is 0.651 bits per heavy atom. The molecule has 0 aliphatic carbocycles. The van der Waals surface area contributed by atoms with Crippen LogP contribution in [0.5, 0.6) is 0 Å². The second-order valence-electron chi connectivity index (χ2n) is 16.1. The van der Waals surface area contributed by atoms with Gasteiger partial charge in [0.1, 0.15) is 0 Å². The SMILES string of the molecule is c1ccc(-c2ccccc2-c2c(-c3ccccc3)cccc2-c2cccc(N(c3ccc(-c4cccc5ccccc45)cc3)c3cccc(-c4ccc5ccccc5c4)c3)c2)cc1. The van der Waals surface area contributed by atoms with E-state index in [4.69, 9.17) is 0 Å². The van der Waals surface area contributed by atoms with Crippen LogP contribution >= 0.6 is 0 Å². The van der Waals surface area contributed by atoms with Gasteiger partial charge >= 0.3 is 0 Å². The summed E-state index contributed by atoms with van der Waals surface area (Å²) in [5.41, 5.74) is 17.5. The Bertz CT molecular complexity index is 3380. The van der Waals surface area contributed by atoms with Crippen LogP contribution < -0.4 is 4.90 Å². The number of hydrogen-bond donors (Lipinski definition) is 0. The molecule has 11 rings (SSSR count). The molecule has 0 amide bonds. The zero-order valence-corrected chi connectivity index (χ0v) is 34.8. The lowest BCUT2D eigenvalue weighted by Crippen LogP contribution is -2.10. The van der Waals surface area contributed by atoms with E-state index in [2.05, 4.69) is 266 Å². The monoisotopic (exact) mass is 801 g/mol. The van der Waals surface area contributed by atoms with E-state index >= 15 is 0 Å². The molecule has 0 heterocycles. The van der Waals surface area contributed by atoms with Crippen molar-refractivity contribution in [3.05, 3.63) is 261 Å². The Labute approximate surface area is 369 Å². The van der Waals surface area contributed by atoms with Crippen LogP contribution in [0.3, 0.4) is 0 Å². The van der Waals surface area contributed by atoms with Gasteiger partial charge in [-0.25, -0.2) is 0 Å². The predicted molar refractivity (Wildman–Crippen MR) is 269 cm³/mol. The topological polar surface area (TPSA) is 3.24 Å². The van der Waals surface area contributed by atoms with Crippen LogP contribution in [0.4, 0.5) is 17.1 Å². The first-order valence-electron chi connectivity index (χ1n) is 21.7. The van der Waals surface area contributed by atoms with Crippen LogP contribution in [0.1, 0.15) is 0 Å². The molecule has 11 aromatic rings. The van der Waals surface area contributed by atoms with E-state index in [1.165, 1.54) is 82.7 Å². The fraction of sp³-hybridized carbons (Fsp3) is 0. The average molecular weight is 802 g/mol. The zero-order chi connectivity index (χ0) is 42.0. The summed E-state index contributed by atoms with van der Waals surface area (Å²) in [6.07, 6.45) is 0. The number of anilines is 3. The van der Waals surface area contributed by atoms with E-state index < -0.39 is 0 Å². The molecule has 1 heteroatoms. The molecule has 0 fully saturated rings. The van der Waals surface area contributed by atoms with Gasteiger partial charge in [0.25, 0.3) is 0 Å². The minimum atomic E-state index is 1.08. The number of hydrogen-bond acceptors (Lipinski definition) is 1. The van der Waals surface area contributed by atoms with Crippen LogP contribution in [-0.2, 0) is 0 Å². The van der Waals surface area contributed by atoms with Crippen molar-refractivity contribution in [2.75, 3.05) is 4.90 Å². The highest BCUT2D eigenvalue weighted by Crippen LogP contribution is 2.46. The second-order valence-corrected chi connectivity index (χ2v) is 16.1. The molecule has 0 saturated carbocycles. The Kier molecular flexibility index (Phi) is 9.97. The molecule has 0 unspecified atom stereocenters. The van der Waals surface area contributed by atoms with E-state index in [1.807, 2.05) is 0 Å². The summed E-state index contributed by atoms with van der Waals surface area (Å²) < 4.78 is 0. The maximum Gasteiger partial charge on any atom is 0.0467 e. The molecule has 296 valence electrons. The lowest BCUT2D eigenvalue weighted by molar-refractivity contribution is 1.28. The van der Waals surface area contributed by atoms with Gasteiger partial charge in [0.05, 0.1) is 0 Å². The van der Waals surface area contributed by atoms with Gasteiger partial charge in [-0.3, -0.25) is 0 Å². The summed E-state index contributed by atoms with van der Waals surface area (Å²) in [7, 11) is 0. The van der Waals surface area contributed by atoms with Crippen LogP contribution in [0, 0.1) is 0 Å². The van der Waals surface area contributed by atoms with Gasteiger partial charge in [0.2, 0.25) is 0 Å². The smallest absolute Gasteiger partial charge is 0.0467 e. The minimum Gasteiger partial charge on any atom is -0.310 e.